The monoisotopic (exact) mass is 2080 g/mol. The largest absolute Gasteiger partial charge is 3.00 e. The molecular formula is C129H122F4IrN8O2+. The van der Waals surface area contributed by atoms with Crippen LogP contribution in [0.3, 0.4) is 0 Å². The minimum absolute atomic E-state index is 0. The number of rotatable bonds is 8. The Morgan fingerprint density at radius 1 is 0.250 bits per heavy atom. The Bertz CT molecular complexity index is 8290. The smallest absolute Gasteiger partial charge is 0.327 e. The quantitative estimate of drug-likeness (QED) is 0.0649. The maximum atomic E-state index is 14.8. The second kappa shape index (κ2) is 35.3. The summed E-state index contributed by atoms with van der Waals surface area (Å²) in [4.78, 5) is 40.8. The standard InChI is InChI=1S/2C62H57F2N4.C5H8O2.Ir/c2*1-59(2,3)36-13-21-53-46(27-36)47-28-37(60(4,5)6)14-22-54(47)67(53)42-17-19-44-45-20-18-43(33-51(45)58-57(50(44)32-42)65-34-52(66-58)35-25-40(63)31-41(64)26-35)68-55-23-15-38(61(7,8)9)29-48(55)49-30-39(62(10,11)12)16-24-56(49)68;1-4(6)3-5(2)7;/h2*13-31,33-34H,1-12H3;3H2,1-2H3;/q2*-1;;+3. The maximum Gasteiger partial charge on any atom is 3.00 e. The third-order valence-corrected chi connectivity index (χ3v) is 28.8. The molecule has 0 saturated carbocycles. The van der Waals surface area contributed by atoms with Crippen LogP contribution < -0.4 is 0 Å². The minimum Gasteiger partial charge on any atom is -0.327 e. The van der Waals surface area contributed by atoms with Crippen molar-refractivity contribution in [2.24, 2.45) is 0 Å². The molecule has 0 amide bonds. The molecule has 0 aliphatic heterocycles. The van der Waals surface area contributed by atoms with Crippen molar-refractivity contribution in [3.05, 3.63) is 335 Å². The van der Waals surface area contributed by atoms with E-state index in [1.807, 2.05) is 0 Å². The summed E-state index contributed by atoms with van der Waals surface area (Å²) in [5, 5.41) is 16.9. The molecule has 0 spiro atoms. The second-order valence-electron chi connectivity index (χ2n) is 47.7. The Hall–Kier alpha value is -13.9. The van der Waals surface area contributed by atoms with Crippen molar-refractivity contribution >= 4 is 164 Å². The van der Waals surface area contributed by atoms with Gasteiger partial charge in [0.25, 0.3) is 0 Å². The molecule has 0 N–H and O–H groups in total. The van der Waals surface area contributed by atoms with E-state index in [0.717, 1.165) is 122 Å². The number of fused-ring (bicyclic) bond motifs is 24. The number of benzene rings is 16. The molecule has 0 atom stereocenters. The topological polar surface area (TPSA) is 105 Å². The van der Waals surface area contributed by atoms with Crippen LogP contribution in [0.5, 0.6) is 0 Å². The zero-order chi connectivity index (χ0) is 102. The molecule has 0 aliphatic rings. The third kappa shape index (κ3) is 17.9. The average Bonchev–Trinajstić information content (AvgIpc) is 1.38. The zero-order valence-electron chi connectivity index (χ0n) is 87.2. The van der Waals surface area contributed by atoms with Gasteiger partial charge in [-0.1, -0.05) is 248 Å². The molecule has 726 valence electrons. The summed E-state index contributed by atoms with van der Waals surface area (Å²) in [5.41, 5.74) is 26.5. The fourth-order valence-electron chi connectivity index (χ4n) is 20.7. The van der Waals surface area contributed by atoms with Gasteiger partial charge in [-0.2, -0.15) is 0 Å². The molecule has 0 aliphatic carbocycles. The van der Waals surface area contributed by atoms with Gasteiger partial charge in [-0.15, -0.1) is 47.2 Å². The molecule has 0 radical (unpaired) electrons. The molecule has 0 unspecified atom stereocenters. The maximum absolute atomic E-state index is 14.8. The van der Waals surface area contributed by atoms with Crippen molar-refractivity contribution in [3.63, 3.8) is 0 Å². The Labute approximate surface area is 853 Å². The molecule has 6 aromatic heterocycles. The Morgan fingerprint density at radius 3 is 0.688 bits per heavy atom. The number of Topliss-reactive ketones (excluding diaryl/α,β-unsaturated/α-hetero) is 2. The fraction of sp³-hybridized carbons (Fsp3) is 0.271. The summed E-state index contributed by atoms with van der Waals surface area (Å²) >= 11 is 0. The van der Waals surface area contributed by atoms with Crippen LogP contribution >= 0.6 is 0 Å². The van der Waals surface area contributed by atoms with E-state index < -0.39 is 23.3 Å². The molecule has 0 bridgehead atoms. The van der Waals surface area contributed by atoms with E-state index in [4.69, 9.17) is 19.9 Å². The molecule has 15 heteroatoms. The van der Waals surface area contributed by atoms with Gasteiger partial charge >= 0.3 is 20.1 Å². The van der Waals surface area contributed by atoms with E-state index in [1.54, 1.807) is 12.4 Å². The molecule has 22 aromatic rings. The van der Waals surface area contributed by atoms with Crippen molar-refractivity contribution in [1.29, 1.82) is 0 Å². The SMILES string of the molecule is CC(=O)CC(C)=O.CC(C)(C)c1ccc2c(c1)c1cc(C(C)(C)C)ccc1n2-c1[c-]c2c(cc1)c1ccc(-n3c4ccc(C(C)(C)C)cc4c4cc(C(C)(C)C)ccc43)cc1c1nc(-c3cc(F)cc(F)c3)cnc21.CC(C)(C)c1ccc2c(c1)c1cc(C(C)(C)C)ccc1n2-c1[c-]c2c(cc1)c1ccc(-n3c4ccc(C(C)(C)C)cc4c4cc(C(C)(C)C)ccc43)cc1c1nc(-c3cc(F)cc(F)c3)cnc21.[Ir+3]. The number of carbonyl (C=O) groups excluding carboxylic acids is 2. The van der Waals surface area contributed by atoms with Crippen LogP contribution in [0.15, 0.2) is 255 Å². The molecule has 144 heavy (non-hydrogen) atoms. The number of aromatic nitrogens is 8. The number of hydrogen-bond donors (Lipinski definition) is 0. The number of halogens is 4. The number of carbonyl (C=O) groups is 2. The van der Waals surface area contributed by atoms with Gasteiger partial charge in [-0.05, 0) is 269 Å². The first kappa shape index (κ1) is 98.9. The second-order valence-corrected chi connectivity index (χ2v) is 47.7. The van der Waals surface area contributed by atoms with Gasteiger partial charge in [0.2, 0.25) is 0 Å². The summed E-state index contributed by atoms with van der Waals surface area (Å²) in [6, 6.07) is 91.5. The molecule has 0 fully saturated rings. The van der Waals surface area contributed by atoms with Gasteiger partial charge in [0, 0.05) is 101 Å². The number of hydrogen-bond acceptors (Lipinski definition) is 6. The molecular weight excluding hydrogens is 1960 g/mol. The average molecular weight is 2080 g/mol. The predicted octanol–water partition coefficient (Wildman–Crippen LogP) is 34.7. The minimum atomic E-state index is -0.670. The molecule has 10 nitrogen and oxygen atoms in total. The normalized spacial score (nSPS) is 12.8. The Kier molecular flexibility index (Phi) is 24.2. The van der Waals surface area contributed by atoms with Crippen molar-refractivity contribution in [2.75, 3.05) is 0 Å². The van der Waals surface area contributed by atoms with Crippen LogP contribution in [-0.2, 0) is 73.0 Å². The first-order valence-electron chi connectivity index (χ1n) is 49.7. The van der Waals surface area contributed by atoms with Crippen LogP contribution in [0.1, 0.15) is 231 Å². The predicted molar refractivity (Wildman–Crippen MR) is 590 cm³/mol. The first-order chi connectivity index (χ1) is 67.2. The van der Waals surface area contributed by atoms with Crippen molar-refractivity contribution in [2.45, 2.75) is 230 Å². The molecule has 22 rings (SSSR count). The van der Waals surface area contributed by atoms with Crippen molar-refractivity contribution in [3.8, 4) is 45.3 Å². The summed E-state index contributed by atoms with van der Waals surface area (Å²) in [6.07, 6.45) is 3.34. The van der Waals surface area contributed by atoms with Gasteiger partial charge in [-0.3, -0.25) is 19.6 Å². The van der Waals surface area contributed by atoms with E-state index in [2.05, 4.69) is 403 Å². The fourth-order valence-corrected chi connectivity index (χ4v) is 20.7. The van der Waals surface area contributed by atoms with Crippen LogP contribution in [0.25, 0.3) is 198 Å². The zero-order valence-corrected chi connectivity index (χ0v) is 89.6. The van der Waals surface area contributed by atoms with Crippen molar-refractivity contribution < 1.29 is 47.3 Å². The van der Waals surface area contributed by atoms with E-state index in [1.165, 1.54) is 126 Å². The van der Waals surface area contributed by atoms with Gasteiger partial charge < -0.3 is 28.2 Å². The van der Waals surface area contributed by atoms with Gasteiger partial charge in [0.05, 0.1) is 73.0 Å². The molecule has 0 saturated heterocycles. The van der Waals surface area contributed by atoms with Crippen LogP contribution in [-0.4, -0.2) is 49.8 Å². The Balaban J connectivity index is 0.000000170. The summed E-state index contributed by atoms with van der Waals surface area (Å²) in [5.74, 6) is -2.80. The number of ketones is 2. The van der Waals surface area contributed by atoms with E-state index >= 15 is 0 Å². The van der Waals surface area contributed by atoms with Crippen LogP contribution in [0.2, 0.25) is 0 Å². The van der Waals surface area contributed by atoms with E-state index in [9.17, 15) is 27.2 Å². The van der Waals surface area contributed by atoms with Gasteiger partial charge in [0.1, 0.15) is 34.8 Å². The molecule has 6 heterocycles. The summed E-state index contributed by atoms with van der Waals surface area (Å²) < 4.78 is 68.5. The third-order valence-electron chi connectivity index (χ3n) is 28.8. The Morgan fingerprint density at radius 2 is 0.472 bits per heavy atom. The summed E-state index contributed by atoms with van der Waals surface area (Å²) in [7, 11) is 0. The number of nitrogens with zero attached hydrogens (tertiary/aromatic N) is 8. The van der Waals surface area contributed by atoms with E-state index in [-0.39, 0.29) is 81.4 Å². The first-order valence-corrected chi connectivity index (χ1v) is 49.7. The van der Waals surface area contributed by atoms with Gasteiger partial charge in [0.15, 0.2) is 0 Å². The van der Waals surface area contributed by atoms with Crippen LogP contribution in [0.4, 0.5) is 17.6 Å². The van der Waals surface area contributed by atoms with E-state index in [0.29, 0.717) is 44.6 Å². The van der Waals surface area contributed by atoms with Crippen molar-refractivity contribution in [1.82, 2.24) is 38.2 Å². The van der Waals surface area contributed by atoms with Crippen LogP contribution in [0, 0.1) is 35.4 Å². The summed E-state index contributed by atoms with van der Waals surface area (Å²) in [6.45, 7) is 57.0. The van der Waals surface area contributed by atoms with Gasteiger partial charge in [-0.25, -0.2) is 17.6 Å². The molecule has 16 aromatic carbocycles.